The minimum absolute atomic E-state index is 0.199. The molecule has 0 atom stereocenters. The van der Waals surface area contributed by atoms with E-state index in [0.717, 1.165) is 6.42 Å². The molecule has 0 heterocycles. The first-order chi connectivity index (χ1) is 8.30. The number of rotatable bonds is 5. The second kappa shape index (κ2) is 5.77. The van der Waals surface area contributed by atoms with Gasteiger partial charge < -0.3 is 5.73 Å². The van der Waals surface area contributed by atoms with Crippen LogP contribution in [0.3, 0.4) is 0 Å². The predicted molar refractivity (Wildman–Crippen MR) is 77.2 cm³/mol. The average molecular weight is 286 g/mol. The molecule has 0 bridgehead atoms. The molecule has 1 aromatic carbocycles. The van der Waals surface area contributed by atoms with E-state index in [2.05, 4.69) is 0 Å². The Morgan fingerprint density at radius 2 is 2.06 bits per heavy atom. The van der Waals surface area contributed by atoms with Gasteiger partial charge in [-0.05, 0) is 25.0 Å². The van der Waals surface area contributed by atoms with Crippen molar-refractivity contribution < 1.29 is 8.42 Å². The molecular formula is C12H18N2O2S2. The van der Waals surface area contributed by atoms with Crippen molar-refractivity contribution in [2.45, 2.75) is 25.2 Å². The van der Waals surface area contributed by atoms with E-state index in [1.54, 1.807) is 32.2 Å². The summed E-state index contributed by atoms with van der Waals surface area (Å²) in [5, 5.41) is 0. The zero-order chi connectivity index (χ0) is 13.9. The summed E-state index contributed by atoms with van der Waals surface area (Å²) < 4.78 is 26.1. The Kier molecular flexibility index (Phi) is 4.84. The Bertz CT molecular complexity index is 553. The lowest BCUT2D eigenvalue weighted by Gasteiger charge is -2.18. The molecule has 0 aromatic heterocycles. The van der Waals surface area contributed by atoms with Crippen LogP contribution in [0.15, 0.2) is 23.1 Å². The van der Waals surface area contributed by atoms with Gasteiger partial charge in [-0.25, -0.2) is 12.7 Å². The van der Waals surface area contributed by atoms with Gasteiger partial charge in [0, 0.05) is 19.2 Å². The predicted octanol–water partition coefficient (Wildman–Crippen LogP) is 1.66. The topological polar surface area (TPSA) is 63.4 Å². The van der Waals surface area contributed by atoms with Gasteiger partial charge in [-0.3, -0.25) is 0 Å². The molecule has 2 N–H and O–H groups in total. The van der Waals surface area contributed by atoms with Crippen molar-refractivity contribution in [3.05, 3.63) is 29.3 Å². The fourth-order valence-corrected chi connectivity index (χ4v) is 3.27. The van der Waals surface area contributed by atoms with Crippen molar-refractivity contribution in [3.8, 4) is 0 Å². The Labute approximate surface area is 114 Å². The molecule has 1 rings (SSSR count). The van der Waals surface area contributed by atoms with Crippen LogP contribution in [0.1, 0.15) is 24.5 Å². The van der Waals surface area contributed by atoms with Crippen LogP contribution in [0, 0.1) is 6.92 Å². The fraction of sp³-hybridized carbons (Fsp3) is 0.417. The van der Waals surface area contributed by atoms with E-state index in [-0.39, 0.29) is 9.88 Å². The van der Waals surface area contributed by atoms with E-state index >= 15 is 0 Å². The lowest BCUT2D eigenvalue weighted by Crippen LogP contribution is -2.28. The summed E-state index contributed by atoms with van der Waals surface area (Å²) in [4.78, 5) is 0.466. The largest absolute Gasteiger partial charge is 0.389 e. The molecule has 0 spiro atoms. The summed E-state index contributed by atoms with van der Waals surface area (Å²) >= 11 is 4.87. The van der Waals surface area contributed by atoms with Crippen molar-refractivity contribution in [1.29, 1.82) is 0 Å². The van der Waals surface area contributed by atoms with E-state index in [4.69, 9.17) is 18.0 Å². The normalized spacial score (nSPS) is 11.8. The lowest BCUT2D eigenvalue weighted by atomic mass is 10.1. The van der Waals surface area contributed by atoms with Crippen LogP contribution in [-0.4, -0.2) is 31.3 Å². The van der Waals surface area contributed by atoms with Crippen LogP contribution in [0.25, 0.3) is 0 Å². The van der Waals surface area contributed by atoms with Crippen molar-refractivity contribution in [2.24, 2.45) is 5.73 Å². The molecule has 0 aliphatic heterocycles. The summed E-state index contributed by atoms with van der Waals surface area (Å²) in [5.41, 5.74) is 6.79. The van der Waals surface area contributed by atoms with Crippen molar-refractivity contribution in [3.63, 3.8) is 0 Å². The second-order valence-corrected chi connectivity index (χ2v) is 6.62. The zero-order valence-electron chi connectivity index (χ0n) is 10.8. The number of thiocarbonyl (C=S) groups is 1. The van der Waals surface area contributed by atoms with Crippen LogP contribution in [0.2, 0.25) is 0 Å². The smallest absolute Gasteiger partial charge is 0.243 e. The molecule has 6 heteroatoms. The first-order valence-electron chi connectivity index (χ1n) is 5.67. The third kappa shape index (κ3) is 3.07. The molecule has 0 saturated carbocycles. The highest BCUT2D eigenvalue weighted by Crippen LogP contribution is 2.20. The molecule has 1 aromatic rings. The van der Waals surface area contributed by atoms with Gasteiger partial charge in [-0.1, -0.05) is 31.3 Å². The number of sulfonamides is 1. The summed E-state index contributed by atoms with van der Waals surface area (Å²) in [5.74, 6) is 0. The molecule has 0 aliphatic carbocycles. The Balaban J connectivity index is 3.31. The van der Waals surface area contributed by atoms with Crippen LogP contribution in [0.5, 0.6) is 0 Å². The van der Waals surface area contributed by atoms with Crippen molar-refractivity contribution in [1.82, 2.24) is 4.31 Å². The van der Waals surface area contributed by atoms with E-state index in [0.29, 0.717) is 17.7 Å². The molecule has 0 unspecified atom stereocenters. The maximum atomic E-state index is 12.4. The molecular weight excluding hydrogens is 268 g/mol. The number of benzene rings is 1. The summed E-state index contributed by atoms with van der Waals surface area (Å²) in [6.07, 6.45) is 0.768. The molecule has 0 fully saturated rings. The lowest BCUT2D eigenvalue weighted by molar-refractivity contribution is 0.468. The average Bonchev–Trinajstić information content (AvgIpc) is 2.29. The summed E-state index contributed by atoms with van der Waals surface area (Å²) in [7, 11) is -1.89. The number of hydrogen-bond acceptors (Lipinski definition) is 3. The molecule has 100 valence electrons. The van der Waals surface area contributed by atoms with Gasteiger partial charge in [-0.2, -0.15) is 0 Å². The Morgan fingerprint density at radius 3 is 2.56 bits per heavy atom. The first-order valence-corrected chi connectivity index (χ1v) is 7.52. The highest BCUT2D eigenvalue weighted by atomic mass is 32.2. The quantitative estimate of drug-likeness (QED) is 0.836. The summed E-state index contributed by atoms with van der Waals surface area (Å²) in [6, 6.07) is 5.00. The van der Waals surface area contributed by atoms with Crippen molar-refractivity contribution in [2.75, 3.05) is 13.6 Å². The second-order valence-electron chi connectivity index (χ2n) is 4.17. The van der Waals surface area contributed by atoms with E-state index < -0.39 is 10.0 Å². The van der Waals surface area contributed by atoms with Gasteiger partial charge >= 0.3 is 0 Å². The maximum absolute atomic E-state index is 12.4. The standard InChI is InChI=1S/C12H18N2O2S2/c1-4-7-14(3)18(15,16)11-8-10(12(13)17)6-5-9(11)2/h5-6,8H,4,7H2,1-3H3,(H2,13,17). The maximum Gasteiger partial charge on any atom is 0.243 e. The van der Waals surface area contributed by atoms with Gasteiger partial charge in [0.2, 0.25) is 10.0 Å². The highest BCUT2D eigenvalue weighted by molar-refractivity contribution is 7.89. The molecule has 0 aliphatic rings. The van der Waals surface area contributed by atoms with Gasteiger partial charge in [0.15, 0.2) is 0 Å². The van der Waals surface area contributed by atoms with Crippen LogP contribution >= 0.6 is 12.2 Å². The van der Waals surface area contributed by atoms with Gasteiger partial charge in [0.05, 0.1) is 4.90 Å². The summed E-state index contributed by atoms with van der Waals surface area (Å²) in [6.45, 7) is 4.18. The SMILES string of the molecule is CCCN(C)S(=O)(=O)c1cc(C(N)=S)ccc1C. The number of aryl methyl sites for hydroxylation is 1. The third-order valence-electron chi connectivity index (χ3n) is 2.70. The van der Waals surface area contributed by atoms with E-state index in [1.807, 2.05) is 6.92 Å². The van der Waals surface area contributed by atoms with Gasteiger partial charge in [0.25, 0.3) is 0 Å². The minimum atomic E-state index is -3.47. The fourth-order valence-electron chi connectivity index (χ4n) is 1.63. The third-order valence-corrected chi connectivity index (χ3v) is 4.93. The van der Waals surface area contributed by atoms with Crippen LogP contribution in [0.4, 0.5) is 0 Å². The van der Waals surface area contributed by atoms with Gasteiger partial charge in [-0.15, -0.1) is 0 Å². The zero-order valence-corrected chi connectivity index (χ0v) is 12.4. The number of nitrogens with two attached hydrogens (primary N) is 1. The number of hydrogen-bond donors (Lipinski definition) is 1. The molecule has 0 saturated heterocycles. The van der Waals surface area contributed by atoms with Gasteiger partial charge in [0.1, 0.15) is 4.99 Å². The molecule has 4 nitrogen and oxygen atoms in total. The van der Waals surface area contributed by atoms with Crippen LogP contribution < -0.4 is 5.73 Å². The molecule has 0 amide bonds. The van der Waals surface area contributed by atoms with Crippen LogP contribution in [-0.2, 0) is 10.0 Å². The Hall–Kier alpha value is -0.980. The molecule has 0 radical (unpaired) electrons. The minimum Gasteiger partial charge on any atom is -0.389 e. The Morgan fingerprint density at radius 1 is 1.44 bits per heavy atom. The van der Waals surface area contributed by atoms with E-state index in [9.17, 15) is 8.42 Å². The molecule has 18 heavy (non-hydrogen) atoms. The highest BCUT2D eigenvalue weighted by Gasteiger charge is 2.22. The first kappa shape index (κ1) is 15.1. The van der Waals surface area contributed by atoms with E-state index in [1.165, 1.54) is 4.31 Å². The number of nitrogens with zero attached hydrogens (tertiary/aromatic N) is 1. The monoisotopic (exact) mass is 286 g/mol. The van der Waals surface area contributed by atoms with Crippen molar-refractivity contribution >= 4 is 27.2 Å².